The molecule has 0 unspecified atom stereocenters. The minimum Gasteiger partial charge on any atom is -0.495 e. The minimum absolute atomic E-state index is 0.0612. The summed E-state index contributed by atoms with van der Waals surface area (Å²) < 4.78 is 67.1. The van der Waals surface area contributed by atoms with Crippen LogP contribution in [0, 0.1) is 0 Å². The third kappa shape index (κ3) is 4.66. The van der Waals surface area contributed by atoms with Gasteiger partial charge in [0.05, 0.1) is 14.2 Å². The second-order valence-corrected chi connectivity index (χ2v) is 9.40. The molecule has 30 heavy (non-hydrogen) atoms. The Labute approximate surface area is 175 Å². The van der Waals surface area contributed by atoms with E-state index in [2.05, 4.69) is 9.44 Å². The van der Waals surface area contributed by atoms with Crippen molar-refractivity contribution in [3.63, 3.8) is 0 Å². The first-order chi connectivity index (χ1) is 14.3. The second kappa shape index (κ2) is 8.64. The van der Waals surface area contributed by atoms with E-state index >= 15 is 0 Å². The number of benzene rings is 3. The van der Waals surface area contributed by atoms with Crippen molar-refractivity contribution in [3.8, 4) is 11.5 Å². The number of sulfonamides is 2. The molecular formula is C20H20N2O6S2. The van der Waals surface area contributed by atoms with Gasteiger partial charge in [0, 0.05) is 17.4 Å². The molecule has 0 bridgehead atoms. The van der Waals surface area contributed by atoms with Crippen molar-refractivity contribution in [2.75, 3.05) is 23.7 Å². The van der Waals surface area contributed by atoms with Crippen molar-refractivity contribution in [2.24, 2.45) is 0 Å². The Morgan fingerprint density at radius 3 is 1.30 bits per heavy atom. The summed E-state index contributed by atoms with van der Waals surface area (Å²) >= 11 is 0. The third-order valence-corrected chi connectivity index (χ3v) is 6.89. The van der Waals surface area contributed by atoms with Crippen molar-refractivity contribution in [3.05, 3.63) is 72.8 Å². The number of hydrogen-bond acceptors (Lipinski definition) is 6. The average Bonchev–Trinajstić information content (AvgIpc) is 2.73. The fraction of sp³-hybridized carbons (Fsp3) is 0.100. The van der Waals surface area contributed by atoms with Crippen LogP contribution in [0.25, 0.3) is 0 Å². The first kappa shape index (κ1) is 21.5. The number of methoxy groups -OCH3 is 2. The van der Waals surface area contributed by atoms with E-state index in [4.69, 9.17) is 9.47 Å². The Morgan fingerprint density at radius 2 is 0.967 bits per heavy atom. The molecule has 0 amide bonds. The maximum atomic E-state index is 13.0. The van der Waals surface area contributed by atoms with Crippen molar-refractivity contribution in [2.45, 2.75) is 9.79 Å². The zero-order valence-electron chi connectivity index (χ0n) is 16.2. The predicted molar refractivity (Wildman–Crippen MR) is 114 cm³/mol. The molecule has 8 nitrogen and oxygen atoms in total. The van der Waals surface area contributed by atoms with E-state index in [1.54, 1.807) is 60.7 Å². The van der Waals surface area contributed by atoms with Gasteiger partial charge in [0.1, 0.15) is 21.3 Å². The van der Waals surface area contributed by atoms with Gasteiger partial charge in [0.2, 0.25) is 0 Å². The summed E-state index contributed by atoms with van der Waals surface area (Å²) in [7, 11) is -5.75. The lowest BCUT2D eigenvalue weighted by Crippen LogP contribution is -2.18. The van der Waals surface area contributed by atoms with Crippen molar-refractivity contribution >= 4 is 31.4 Å². The Kier molecular flexibility index (Phi) is 6.18. The van der Waals surface area contributed by atoms with Crippen molar-refractivity contribution < 1.29 is 26.3 Å². The van der Waals surface area contributed by atoms with Crippen molar-refractivity contribution in [1.29, 1.82) is 0 Å². The average molecular weight is 449 g/mol. The van der Waals surface area contributed by atoms with Gasteiger partial charge in [-0.15, -0.1) is 0 Å². The second-order valence-electron chi connectivity index (χ2n) is 6.10. The molecule has 0 heterocycles. The molecule has 0 aromatic heterocycles. The van der Waals surface area contributed by atoms with Crippen LogP contribution in [0.2, 0.25) is 0 Å². The summed E-state index contributed by atoms with van der Waals surface area (Å²) in [5.74, 6) is -0.122. The lowest BCUT2D eigenvalue weighted by atomic mass is 10.3. The standard InChI is InChI=1S/C20H20N2O6S2/c1-27-17-13-18(28-2)20(30(25,26)22-16-11-7-4-8-12-16)14-19(17)29(23,24)21-15-9-5-3-6-10-15/h3-14,21-22H,1-2H3. The highest BCUT2D eigenvalue weighted by Crippen LogP contribution is 2.36. The maximum absolute atomic E-state index is 13.0. The summed E-state index contributed by atoms with van der Waals surface area (Å²) in [5.41, 5.74) is 0.643. The van der Waals surface area contributed by atoms with Gasteiger partial charge in [0.25, 0.3) is 20.0 Å². The summed E-state index contributed by atoms with van der Waals surface area (Å²) in [6.07, 6.45) is 0. The molecular weight excluding hydrogens is 428 g/mol. The molecule has 0 saturated carbocycles. The molecule has 2 N–H and O–H groups in total. The van der Waals surface area contributed by atoms with E-state index < -0.39 is 20.0 Å². The van der Waals surface area contributed by atoms with Gasteiger partial charge in [-0.3, -0.25) is 9.44 Å². The van der Waals surface area contributed by atoms with Gasteiger partial charge in [-0.25, -0.2) is 16.8 Å². The lowest BCUT2D eigenvalue weighted by molar-refractivity contribution is 0.379. The molecule has 158 valence electrons. The van der Waals surface area contributed by atoms with Crippen LogP contribution >= 0.6 is 0 Å². The van der Waals surface area contributed by atoms with Crippen LogP contribution in [-0.4, -0.2) is 31.1 Å². The third-order valence-electron chi connectivity index (χ3n) is 4.08. The van der Waals surface area contributed by atoms with Gasteiger partial charge < -0.3 is 9.47 Å². The molecule has 0 aliphatic heterocycles. The van der Waals surface area contributed by atoms with Gasteiger partial charge in [-0.2, -0.15) is 0 Å². The number of hydrogen-bond donors (Lipinski definition) is 2. The van der Waals surface area contributed by atoms with Crippen LogP contribution in [0.4, 0.5) is 11.4 Å². The highest BCUT2D eigenvalue weighted by molar-refractivity contribution is 7.93. The van der Waals surface area contributed by atoms with E-state index in [-0.39, 0.29) is 21.3 Å². The zero-order valence-corrected chi connectivity index (χ0v) is 17.8. The minimum atomic E-state index is -4.16. The Hall–Kier alpha value is -3.24. The quantitative estimate of drug-likeness (QED) is 0.547. The molecule has 3 aromatic carbocycles. The smallest absolute Gasteiger partial charge is 0.265 e. The fourth-order valence-electron chi connectivity index (χ4n) is 2.69. The summed E-state index contributed by atoms with van der Waals surface area (Å²) in [6, 6.07) is 18.7. The molecule has 10 heteroatoms. The maximum Gasteiger partial charge on any atom is 0.265 e. The summed E-state index contributed by atoms with van der Waals surface area (Å²) in [6.45, 7) is 0. The van der Waals surface area contributed by atoms with E-state index in [0.29, 0.717) is 11.4 Å². The molecule has 0 aliphatic rings. The van der Waals surface area contributed by atoms with Crippen molar-refractivity contribution in [1.82, 2.24) is 0 Å². The number of rotatable bonds is 8. The lowest BCUT2D eigenvalue weighted by Gasteiger charge is -2.17. The molecule has 0 aliphatic carbocycles. The van der Waals surface area contributed by atoms with E-state index in [1.165, 1.54) is 20.3 Å². The number of nitrogens with one attached hydrogen (secondary N) is 2. The molecule has 0 atom stereocenters. The molecule has 0 fully saturated rings. The van der Waals surface area contributed by atoms with E-state index in [1.807, 2.05) is 0 Å². The van der Waals surface area contributed by atoms with E-state index in [0.717, 1.165) is 6.07 Å². The topological polar surface area (TPSA) is 111 Å². The molecule has 3 rings (SSSR count). The van der Waals surface area contributed by atoms with Gasteiger partial charge in [-0.1, -0.05) is 36.4 Å². The summed E-state index contributed by atoms with van der Waals surface area (Å²) in [5, 5.41) is 0. The number of para-hydroxylation sites is 2. The summed E-state index contributed by atoms with van der Waals surface area (Å²) in [4.78, 5) is -0.689. The van der Waals surface area contributed by atoms with E-state index in [9.17, 15) is 16.8 Å². The van der Waals surface area contributed by atoms with Crippen LogP contribution in [0.1, 0.15) is 0 Å². The normalized spacial score (nSPS) is 11.5. The highest BCUT2D eigenvalue weighted by atomic mass is 32.2. The Morgan fingerprint density at radius 1 is 0.600 bits per heavy atom. The Bertz CT molecular complexity index is 1130. The molecule has 3 aromatic rings. The molecule has 0 spiro atoms. The fourth-order valence-corrected chi connectivity index (χ4v) is 5.24. The van der Waals surface area contributed by atoms with Crippen LogP contribution < -0.4 is 18.9 Å². The first-order valence-electron chi connectivity index (χ1n) is 8.68. The largest absolute Gasteiger partial charge is 0.495 e. The van der Waals surface area contributed by atoms with Gasteiger partial charge >= 0.3 is 0 Å². The first-order valence-corrected chi connectivity index (χ1v) is 11.7. The van der Waals surface area contributed by atoms with Gasteiger partial charge in [-0.05, 0) is 30.3 Å². The predicted octanol–water partition coefficient (Wildman–Crippen LogP) is 3.31. The number of ether oxygens (including phenoxy) is 2. The number of anilines is 2. The zero-order chi connectivity index (χ0) is 21.8. The molecule has 0 radical (unpaired) electrons. The Balaban J connectivity index is 2.11. The van der Waals surface area contributed by atoms with Crippen LogP contribution in [0.3, 0.4) is 0 Å². The van der Waals surface area contributed by atoms with Crippen LogP contribution in [0.5, 0.6) is 11.5 Å². The SMILES string of the molecule is COc1cc(OC)c(S(=O)(=O)Nc2ccccc2)cc1S(=O)(=O)Nc1ccccc1. The van der Waals surface area contributed by atoms with Crippen LogP contribution in [0.15, 0.2) is 82.6 Å². The highest BCUT2D eigenvalue weighted by Gasteiger charge is 2.28. The van der Waals surface area contributed by atoms with Crippen LogP contribution in [-0.2, 0) is 20.0 Å². The van der Waals surface area contributed by atoms with Gasteiger partial charge in [0.15, 0.2) is 0 Å². The monoisotopic (exact) mass is 448 g/mol. The molecule has 0 saturated heterocycles.